The van der Waals surface area contributed by atoms with Crippen LogP contribution in [0.25, 0.3) is 0 Å². The Kier molecular flexibility index (Phi) is 1.72. The molecule has 4 unspecified atom stereocenters. The van der Waals surface area contributed by atoms with Gasteiger partial charge in [-0.3, -0.25) is 4.90 Å². The van der Waals surface area contributed by atoms with Gasteiger partial charge in [-0.05, 0) is 12.3 Å². The number of nitrogens with zero attached hydrogens (tertiary/aromatic N) is 1. The van der Waals surface area contributed by atoms with Gasteiger partial charge in [0.2, 0.25) is 0 Å². The van der Waals surface area contributed by atoms with Crippen molar-refractivity contribution >= 4 is 6.09 Å². The Morgan fingerprint density at radius 2 is 2.50 bits per heavy atom. The molecule has 1 aliphatic carbocycles. The molecule has 1 amide bonds. The number of cyclic esters (lactones) is 1. The van der Waals surface area contributed by atoms with E-state index in [1.807, 2.05) is 0 Å². The number of fused-ring (bicyclic) bond motifs is 1. The van der Waals surface area contributed by atoms with Gasteiger partial charge in [0.25, 0.3) is 0 Å². The third-order valence-electron chi connectivity index (χ3n) is 3.66. The molecule has 4 aliphatic rings. The SMILES string of the molecule is NC1C2CC1N(CC1CNC(=O)O1)C2. The summed E-state index contributed by atoms with van der Waals surface area (Å²) in [6.45, 7) is 2.56. The van der Waals surface area contributed by atoms with Crippen LogP contribution in [0.1, 0.15) is 6.42 Å². The summed E-state index contributed by atoms with van der Waals surface area (Å²) >= 11 is 0. The monoisotopic (exact) mass is 197 g/mol. The summed E-state index contributed by atoms with van der Waals surface area (Å²) in [5.41, 5.74) is 5.95. The summed E-state index contributed by atoms with van der Waals surface area (Å²) < 4.78 is 5.09. The molecule has 3 N–H and O–H groups in total. The van der Waals surface area contributed by atoms with Gasteiger partial charge >= 0.3 is 6.09 Å². The van der Waals surface area contributed by atoms with E-state index in [0.717, 1.165) is 13.1 Å². The Morgan fingerprint density at radius 3 is 3.00 bits per heavy atom. The second-order valence-corrected chi connectivity index (χ2v) is 4.50. The van der Waals surface area contributed by atoms with Gasteiger partial charge in [-0.15, -0.1) is 0 Å². The second-order valence-electron chi connectivity index (χ2n) is 4.50. The van der Waals surface area contributed by atoms with Crippen LogP contribution in [0.4, 0.5) is 4.79 Å². The molecular formula is C9H15N3O2. The van der Waals surface area contributed by atoms with E-state index in [4.69, 9.17) is 10.5 Å². The van der Waals surface area contributed by atoms with E-state index in [-0.39, 0.29) is 12.2 Å². The topological polar surface area (TPSA) is 67.6 Å². The summed E-state index contributed by atoms with van der Waals surface area (Å²) in [6.07, 6.45) is 0.967. The average Bonchev–Trinajstić information content (AvgIpc) is 2.79. The summed E-state index contributed by atoms with van der Waals surface area (Å²) in [6, 6.07) is 0.902. The molecule has 3 heterocycles. The van der Waals surface area contributed by atoms with Crippen LogP contribution in [0.2, 0.25) is 0 Å². The van der Waals surface area contributed by atoms with Crippen molar-refractivity contribution in [1.29, 1.82) is 0 Å². The minimum atomic E-state index is -0.286. The number of amides is 1. The van der Waals surface area contributed by atoms with Crippen LogP contribution >= 0.6 is 0 Å². The lowest BCUT2D eigenvalue weighted by Gasteiger charge is -2.34. The Bertz CT molecular complexity index is 271. The zero-order valence-corrected chi connectivity index (χ0v) is 7.98. The first-order chi connectivity index (χ1) is 6.74. The highest BCUT2D eigenvalue weighted by molar-refractivity contribution is 5.69. The van der Waals surface area contributed by atoms with Gasteiger partial charge in [0, 0.05) is 25.2 Å². The van der Waals surface area contributed by atoms with Crippen LogP contribution in [0.15, 0.2) is 0 Å². The van der Waals surface area contributed by atoms with Gasteiger partial charge in [-0.25, -0.2) is 4.79 Å². The van der Waals surface area contributed by atoms with Crippen LogP contribution in [-0.2, 0) is 4.74 Å². The fourth-order valence-electron chi connectivity index (χ4n) is 2.77. The predicted molar refractivity (Wildman–Crippen MR) is 49.7 cm³/mol. The van der Waals surface area contributed by atoms with E-state index < -0.39 is 0 Å². The number of nitrogens with one attached hydrogen (secondary N) is 1. The molecule has 4 atom stereocenters. The molecule has 2 bridgehead atoms. The number of carbonyl (C=O) groups excluding carboxylic acids is 1. The number of alkyl carbamates (subject to hydrolysis) is 1. The molecule has 0 aromatic heterocycles. The van der Waals surface area contributed by atoms with E-state index >= 15 is 0 Å². The molecule has 3 aliphatic heterocycles. The van der Waals surface area contributed by atoms with Crippen molar-refractivity contribution in [2.45, 2.75) is 24.6 Å². The van der Waals surface area contributed by atoms with Crippen molar-refractivity contribution in [3.8, 4) is 0 Å². The van der Waals surface area contributed by atoms with Crippen LogP contribution in [0.3, 0.4) is 0 Å². The highest BCUT2D eigenvalue weighted by Crippen LogP contribution is 2.39. The Hall–Kier alpha value is -0.810. The van der Waals surface area contributed by atoms with Gasteiger partial charge in [-0.1, -0.05) is 0 Å². The van der Waals surface area contributed by atoms with E-state index in [0.29, 0.717) is 24.5 Å². The van der Waals surface area contributed by atoms with Crippen molar-refractivity contribution in [1.82, 2.24) is 10.2 Å². The zero-order chi connectivity index (χ0) is 9.71. The maximum atomic E-state index is 10.8. The summed E-state index contributed by atoms with van der Waals surface area (Å²) in [7, 11) is 0. The standard InChI is InChI=1S/C9H15N3O2/c10-8-5-1-7(8)12(3-5)4-6-2-11-9(13)14-6/h5-8H,1-4,10H2,(H,11,13). The van der Waals surface area contributed by atoms with E-state index in [1.54, 1.807) is 0 Å². The lowest BCUT2D eigenvalue weighted by molar-refractivity contribution is 0.103. The summed E-state index contributed by atoms with van der Waals surface area (Å²) in [5.74, 6) is 0.685. The first kappa shape index (κ1) is 8.49. The number of hydrogen-bond donors (Lipinski definition) is 2. The normalized spacial score (nSPS) is 45.9. The minimum absolute atomic E-state index is 0.0223. The number of rotatable bonds is 2. The molecule has 1 saturated carbocycles. The van der Waals surface area contributed by atoms with Crippen LogP contribution in [-0.4, -0.2) is 48.8 Å². The molecule has 78 valence electrons. The molecule has 0 aromatic rings. The van der Waals surface area contributed by atoms with E-state index in [9.17, 15) is 4.79 Å². The molecule has 4 fully saturated rings. The van der Waals surface area contributed by atoms with Crippen LogP contribution in [0, 0.1) is 5.92 Å². The fourth-order valence-corrected chi connectivity index (χ4v) is 2.77. The predicted octanol–water partition coefficient (Wildman–Crippen LogP) is -0.874. The zero-order valence-electron chi connectivity index (χ0n) is 7.98. The largest absolute Gasteiger partial charge is 0.443 e. The number of ether oxygens (including phenoxy) is 1. The van der Waals surface area contributed by atoms with Crippen molar-refractivity contribution in [2.24, 2.45) is 11.7 Å². The smallest absolute Gasteiger partial charge is 0.407 e. The third-order valence-corrected chi connectivity index (χ3v) is 3.66. The lowest BCUT2D eigenvalue weighted by atomic mass is 9.81. The van der Waals surface area contributed by atoms with E-state index in [1.165, 1.54) is 6.42 Å². The molecule has 5 nitrogen and oxygen atoms in total. The van der Waals surface area contributed by atoms with E-state index in [2.05, 4.69) is 10.2 Å². The molecule has 5 heteroatoms. The molecule has 3 saturated heterocycles. The molecule has 14 heavy (non-hydrogen) atoms. The van der Waals surface area contributed by atoms with Crippen molar-refractivity contribution in [3.63, 3.8) is 0 Å². The van der Waals surface area contributed by atoms with Gasteiger partial charge < -0.3 is 15.8 Å². The maximum Gasteiger partial charge on any atom is 0.407 e. The Morgan fingerprint density at radius 1 is 1.64 bits per heavy atom. The van der Waals surface area contributed by atoms with Gasteiger partial charge in [-0.2, -0.15) is 0 Å². The van der Waals surface area contributed by atoms with Gasteiger partial charge in [0.1, 0.15) is 6.10 Å². The second kappa shape index (κ2) is 2.84. The van der Waals surface area contributed by atoms with Crippen LogP contribution < -0.4 is 11.1 Å². The minimum Gasteiger partial charge on any atom is -0.443 e. The van der Waals surface area contributed by atoms with Crippen molar-refractivity contribution < 1.29 is 9.53 Å². The molecule has 0 aromatic carbocycles. The fraction of sp³-hybridized carbons (Fsp3) is 0.889. The summed E-state index contributed by atoms with van der Waals surface area (Å²) in [4.78, 5) is 13.2. The molecule has 0 radical (unpaired) electrons. The molecule has 0 spiro atoms. The highest BCUT2D eigenvalue weighted by Gasteiger charge is 2.50. The third kappa shape index (κ3) is 1.12. The highest BCUT2D eigenvalue weighted by atomic mass is 16.6. The summed E-state index contributed by atoms with van der Waals surface area (Å²) in [5, 5.41) is 2.66. The first-order valence-electron chi connectivity index (χ1n) is 5.18. The number of hydrogen-bond acceptors (Lipinski definition) is 4. The van der Waals surface area contributed by atoms with Crippen molar-refractivity contribution in [2.75, 3.05) is 19.6 Å². The lowest BCUT2D eigenvalue weighted by Crippen LogP contribution is -2.50. The number of nitrogens with two attached hydrogens (primary N) is 1. The van der Waals surface area contributed by atoms with Crippen molar-refractivity contribution in [3.05, 3.63) is 0 Å². The first-order valence-corrected chi connectivity index (χ1v) is 5.18. The Balaban J connectivity index is 1.56. The van der Waals surface area contributed by atoms with Crippen LogP contribution in [0.5, 0.6) is 0 Å². The molecule has 4 rings (SSSR count). The Labute approximate surface area is 82.6 Å². The average molecular weight is 197 g/mol. The maximum absolute atomic E-state index is 10.8. The van der Waals surface area contributed by atoms with Gasteiger partial charge in [0.05, 0.1) is 6.54 Å². The van der Waals surface area contributed by atoms with Gasteiger partial charge in [0.15, 0.2) is 0 Å². The quantitative estimate of drug-likeness (QED) is 0.603. The molecular weight excluding hydrogens is 182 g/mol. The number of carbonyl (C=O) groups is 1.